The summed E-state index contributed by atoms with van der Waals surface area (Å²) in [7, 11) is 0. The Balaban J connectivity index is 1.89. The normalized spacial score (nSPS) is 27.6. The summed E-state index contributed by atoms with van der Waals surface area (Å²) in [5.41, 5.74) is 0.908. The molecule has 0 radical (unpaired) electrons. The molecule has 1 aliphatic rings. The average Bonchev–Trinajstić information content (AvgIpc) is 2.30. The molecule has 1 aromatic rings. The van der Waals surface area contributed by atoms with E-state index in [2.05, 4.69) is 5.32 Å². The van der Waals surface area contributed by atoms with Gasteiger partial charge in [-0.15, -0.1) is 0 Å². The molecular formula is C13H18FNO. The van der Waals surface area contributed by atoms with Crippen molar-refractivity contribution in [1.82, 2.24) is 5.32 Å². The van der Waals surface area contributed by atoms with E-state index in [0.717, 1.165) is 5.56 Å². The standard InChI is InChI=1S/C13H18FNO/c14-11-6-7-15-12(8-11)9-13(16)10-4-2-1-3-5-10/h1-5,11-13,15-16H,6-9H2/t11-,12-,13+/m0/s1. The molecule has 2 nitrogen and oxygen atoms in total. The Labute approximate surface area is 95.5 Å². The molecule has 0 amide bonds. The van der Waals surface area contributed by atoms with Gasteiger partial charge in [-0.05, 0) is 31.4 Å². The average molecular weight is 223 g/mol. The lowest BCUT2D eigenvalue weighted by molar-refractivity contribution is 0.128. The van der Waals surface area contributed by atoms with Gasteiger partial charge in [-0.25, -0.2) is 4.39 Å². The molecule has 0 unspecified atom stereocenters. The van der Waals surface area contributed by atoms with Gasteiger partial charge in [-0.3, -0.25) is 0 Å². The van der Waals surface area contributed by atoms with Crippen molar-refractivity contribution >= 4 is 0 Å². The zero-order valence-corrected chi connectivity index (χ0v) is 9.27. The summed E-state index contributed by atoms with van der Waals surface area (Å²) < 4.78 is 13.2. The molecule has 1 aromatic carbocycles. The van der Waals surface area contributed by atoms with Gasteiger partial charge in [0.2, 0.25) is 0 Å². The number of rotatable bonds is 3. The summed E-state index contributed by atoms with van der Waals surface area (Å²) in [6, 6.07) is 9.64. The number of alkyl halides is 1. The first-order chi connectivity index (χ1) is 7.75. The summed E-state index contributed by atoms with van der Waals surface area (Å²) in [4.78, 5) is 0. The Kier molecular flexibility index (Phi) is 3.91. The first-order valence-corrected chi connectivity index (χ1v) is 5.86. The van der Waals surface area contributed by atoms with Crippen LogP contribution in [-0.4, -0.2) is 23.9 Å². The molecule has 1 fully saturated rings. The SMILES string of the molecule is O[C@H](C[C@@H]1C[C@@H](F)CCN1)c1ccccc1. The van der Waals surface area contributed by atoms with Crippen molar-refractivity contribution in [2.24, 2.45) is 0 Å². The molecule has 0 spiro atoms. The highest BCUT2D eigenvalue weighted by atomic mass is 19.1. The van der Waals surface area contributed by atoms with Crippen molar-refractivity contribution in [3.8, 4) is 0 Å². The predicted octanol–water partition coefficient (Wildman–Crippen LogP) is 2.20. The summed E-state index contributed by atoms with van der Waals surface area (Å²) >= 11 is 0. The molecule has 3 heteroatoms. The van der Waals surface area contributed by atoms with Gasteiger partial charge in [0.15, 0.2) is 0 Å². The van der Waals surface area contributed by atoms with Crippen LogP contribution in [0.4, 0.5) is 4.39 Å². The summed E-state index contributed by atoms with van der Waals surface area (Å²) in [5, 5.41) is 13.2. The summed E-state index contributed by atoms with van der Waals surface area (Å²) in [6.07, 6.45) is 0.491. The highest BCUT2D eigenvalue weighted by Gasteiger charge is 2.23. The highest BCUT2D eigenvalue weighted by Crippen LogP contribution is 2.22. The van der Waals surface area contributed by atoms with E-state index in [4.69, 9.17) is 0 Å². The van der Waals surface area contributed by atoms with E-state index in [9.17, 15) is 9.50 Å². The fourth-order valence-corrected chi connectivity index (χ4v) is 2.21. The molecule has 0 aliphatic carbocycles. The Morgan fingerprint density at radius 1 is 1.38 bits per heavy atom. The molecule has 0 bridgehead atoms. The molecule has 2 rings (SSSR count). The monoisotopic (exact) mass is 223 g/mol. The number of hydrogen-bond donors (Lipinski definition) is 2. The van der Waals surface area contributed by atoms with Gasteiger partial charge in [0, 0.05) is 6.04 Å². The molecule has 88 valence electrons. The Morgan fingerprint density at radius 2 is 2.12 bits per heavy atom. The van der Waals surface area contributed by atoms with Crippen LogP contribution in [0.5, 0.6) is 0 Å². The van der Waals surface area contributed by atoms with E-state index in [1.807, 2.05) is 30.3 Å². The van der Waals surface area contributed by atoms with Gasteiger partial charge in [-0.1, -0.05) is 30.3 Å². The van der Waals surface area contributed by atoms with Crippen molar-refractivity contribution in [2.45, 2.75) is 37.6 Å². The Morgan fingerprint density at radius 3 is 2.81 bits per heavy atom. The van der Waals surface area contributed by atoms with Crippen LogP contribution >= 0.6 is 0 Å². The number of halogens is 1. The van der Waals surface area contributed by atoms with Gasteiger partial charge < -0.3 is 10.4 Å². The number of nitrogens with one attached hydrogen (secondary N) is 1. The van der Waals surface area contributed by atoms with Gasteiger partial charge in [-0.2, -0.15) is 0 Å². The van der Waals surface area contributed by atoms with Crippen LogP contribution in [0, 0.1) is 0 Å². The molecule has 2 N–H and O–H groups in total. The lowest BCUT2D eigenvalue weighted by atomic mass is 9.95. The predicted molar refractivity (Wildman–Crippen MR) is 61.9 cm³/mol. The van der Waals surface area contributed by atoms with Crippen LogP contribution < -0.4 is 5.32 Å². The van der Waals surface area contributed by atoms with Gasteiger partial charge >= 0.3 is 0 Å². The van der Waals surface area contributed by atoms with Crippen LogP contribution in [-0.2, 0) is 0 Å². The maximum Gasteiger partial charge on any atom is 0.103 e. The summed E-state index contributed by atoms with van der Waals surface area (Å²) in [5.74, 6) is 0. The first kappa shape index (κ1) is 11.6. The lowest BCUT2D eigenvalue weighted by Gasteiger charge is -2.27. The van der Waals surface area contributed by atoms with Crippen LogP contribution in [0.1, 0.15) is 30.9 Å². The lowest BCUT2D eigenvalue weighted by Crippen LogP contribution is -2.39. The maximum absolute atomic E-state index is 13.2. The number of piperidine rings is 1. The number of aliphatic hydroxyl groups is 1. The molecule has 1 heterocycles. The van der Waals surface area contributed by atoms with E-state index < -0.39 is 12.3 Å². The molecule has 0 saturated carbocycles. The van der Waals surface area contributed by atoms with Gasteiger partial charge in [0.25, 0.3) is 0 Å². The van der Waals surface area contributed by atoms with Crippen molar-refractivity contribution < 1.29 is 9.50 Å². The zero-order chi connectivity index (χ0) is 11.4. The largest absolute Gasteiger partial charge is 0.388 e. The van der Waals surface area contributed by atoms with Crippen molar-refractivity contribution in [1.29, 1.82) is 0 Å². The van der Waals surface area contributed by atoms with Crippen LogP contribution in [0.15, 0.2) is 30.3 Å². The molecule has 3 atom stereocenters. The maximum atomic E-state index is 13.2. The van der Waals surface area contributed by atoms with Gasteiger partial charge in [0.05, 0.1) is 6.10 Å². The minimum Gasteiger partial charge on any atom is -0.388 e. The second-order valence-corrected chi connectivity index (χ2v) is 4.43. The number of aliphatic hydroxyl groups excluding tert-OH is 1. The molecule has 16 heavy (non-hydrogen) atoms. The van der Waals surface area contributed by atoms with Crippen molar-refractivity contribution in [3.05, 3.63) is 35.9 Å². The topological polar surface area (TPSA) is 32.3 Å². The number of benzene rings is 1. The minimum absolute atomic E-state index is 0.0963. The van der Waals surface area contributed by atoms with E-state index in [0.29, 0.717) is 25.8 Å². The quantitative estimate of drug-likeness (QED) is 0.823. The zero-order valence-electron chi connectivity index (χ0n) is 9.27. The van der Waals surface area contributed by atoms with Crippen molar-refractivity contribution in [2.75, 3.05) is 6.54 Å². The second-order valence-electron chi connectivity index (χ2n) is 4.43. The third-order valence-corrected chi connectivity index (χ3v) is 3.12. The third kappa shape index (κ3) is 3.03. The van der Waals surface area contributed by atoms with E-state index >= 15 is 0 Å². The molecule has 0 aromatic heterocycles. The van der Waals surface area contributed by atoms with E-state index in [-0.39, 0.29) is 6.04 Å². The Hall–Kier alpha value is -0.930. The van der Waals surface area contributed by atoms with Crippen LogP contribution in [0.3, 0.4) is 0 Å². The number of hydrogen-bond acceptors (Lipinski definition) is 2. The van der Waals surface area contributed by atoms with Crippen molar-refractivity contribution in [3.63, 3.8) is 0 Å². The van der Waals surface area contributed by atoms with Crippen LogP contribution in [0.2, 0.25) is 0 Å². The fraction of sp³-hybridized carbons (Fsp3) is 0.538. The smallest absolute Gasteiger partial charge is 0.103 e. The molecule has 1 aliphatic heterocycles. The second kappa shape index (κ2) is 5.41. The third-order valence-electron chi connectivity index (χ3n) is 3.12. The molecule has 1 saturated heterocycles. The minimum atomic E-state index is -0.714. The van der Waals surface area contributed by atoms with Crippen LogP contribution in [0.25, 0.3) is 0 Å². The van der Waals surface area contributed by atoms with E-state index in [1.165, 1.54) is 0 Å². The van der Waals surface area contributed by atoms with Gasteiger partial charge in [0.1, 0.15) is 6.17 Å². The highest BCUT2D eigenvalue weighted by molar-refractivity contribution is 5.17. The fourth-order valence-electron chi connectivity index (χ4n) is 2.21. The summed E-state index contributed by atoms with van der Waals surface area (Å²) in [6.45, 7) is 0.716. The molecular weight excluding hydrogens is 205 g/mol. The first-order valence-electron chi connectivity index (χ1n) is 5.86. The Bertz CT molecular complexity index is 317. The van der Waals surface area contributed by atoms with E-state index in [1.54, 1.807) is 0 Å².